The van der Waals surface area contributed by atoms with E-state index in [0.717, 1.165) is 33.5 Å². The Morgan fingerprint density at radius 3 is 2.77 bits per heavy atom. The summed E-state index contributed by atoms with van der Waals surface area (Å²) in [5.74, 6) is 0.931. The van der Waals surface area contributed by atoms with E-state index in [1.165, 1.54) is 7.11 Å². The van der Waals surface area contributed by atoms with Gasteiger partial charge in [0.2, 0.25) is 11.0 Å². The molecule has 0 bridgehead atoms. The summed E-state index contributed by atoms with van der Waals surface area (Å²) in [5.41, 5.74) is 3.59. The summed E-state index contributed by atoms with van der Waals surface area (Å²) < 4.78 is 11.9. The van der Waals surface area contributed by atoms with Gasteiger partial charge in [0.15, 0.2) is 11.9 Å². The lowest BCUT2D eigenvalue weighted by atomic mass is 10.1. The first-order chi connectivity index (χ1) is 14.6. The van der Waals surface area contributed by atoms with Gasteiger partial charge in [0.05, 0.1) is 12.7 Å². The van der Waals surface area contributed by atoms with Crippen molar-refractivity contribution in [1.29, 1.82) is 0 Å². The van der Waals surface area contributed by atoms with Crippen molar-refractivity contribution >= 4 is 39.3 Å². The summed E-state index contributed by atoms with van der Waals surface area (Å²) in [6.07, 6.45) is 0.497. The first-order valence-electron chi connectivity index (χ1n) is 9.38. The summed E-state index contributed by atoms with van der Waals surface area (Å²) in [4.78, 5) is 16.3. The molecule has 1 atom stereocenters. The molecular formula is C21H19BrN4O3S. The van der Waals surface area contributed by atoms with Gasteiger partial charge in [-0.15, -0.1) is 10.2 Å². The fourth-order valence-electron chi connectivity index (χ4n) is 2.99. The molecule has 2 heterocycles. The number of benzene rings is 2. The largest absolute Gasteiger partial charge is 0.465 e. The highest BCUT2D eigenvalue weighted by atomic mass is 79.9. The fraction of sp³-hybridized carbons (Fsp3) is 0.238. The predicted molar refractivity (Wildman–Crippen MR) is 119 cm³/mol. The van der Waals surface area contributed by atoms with E-state index in [4.69, 9.17) is 9.47 Å². The van der Waals surface area contributed by atoms with E-state index < -0.39 is 6.23 Å². The second-order valence-corrected chi connectivity index (χ2v) is 8.52. The average Bonchev–Trinajstić information content (AvgIpc) is 2.93. The van der Waals surface area contributed by atoms with Crippen LogP contribution in [0, 0.1) is 0 Å². The second-order valence-electron chi connectivity index (χ2n) is 6.54. The Morgan fingerprint density at radius 2 is 2.03 bits per heavy atom. The topological polar surface area (TPSA) is 86.2 Å². The van der Waals surface area contributed by atoms with Gasteiger partial charge in [-0.1, -0.05) is 46.7 Å². The lowest BCUT2D eigenvalue weighted by Crippen LogP contribution is -2.17. The predicted octanol–water partition coefficient (Wildman–Crippen LogP) is 5.09. The molecule has 154 valence electrons. The van der Waals surface area contributed by atoms with Crippen molar-refractivity contribution in [2.24, 2.45) is 0 Å². The third-order valence-electron chi connectivity index (χ3n) is 4.46. The van der Waals surface area contributed by atoms with Crippen LogP contribution in [0.25, 0.3) is 11.3 Å². The van der Waals surface area contributed by atoms with E-state index in [2.05, 4.69) is 43.4 Å². The number of aromatic nitrogens is 3. The number of halogens is 1. The van der Waals surface area contributed by atoms with Crippen molar-refractivity contribution in [1.82, 2.24) is 15.2 Å². The van der Waals surface area contributed by atoms with Crippen LogP contribution >= 0.6 is 27.7 Å². The molecule has 0 saturated carbocycles. The molecule has 0 spiro atoms. The van der Waals surface area contributed by atoms with E-state index in [1.54, 1.807) is 23.9 Å². The van der Waals surface area contributed by atoms with Crippen LogP contribution in [0.4, 0.5) is 5.69 Å². The van der Waals surface area contributed by atoms with E-state index in [9.17, 15) is 4.79 Å². The first-order valence-corrected chi connectivity index (χ1v) is 11.2. The molecule has 0 unspecified atom stereocenters. The molecule has 0 radical (unpaired) electrons. The Labute approximate surface area is 186 Å². The molecule has 0 saturated heterocycles. The minimum Gasteiger partial charge on any atom is -0.465 e. The van der Waals surface area contributed by atoms with Gasteiger partial charge in [-0.3, -0.25) is 0 Å². The fourth-order valence-corrected chi connectivity index (χ4v) is 3.98. The van der Waals surface area contributed by atoms with Crippen LogP contribution in [-0.4, -0.2) is 34.0 Å². The van der Waals surface area contributed by atoms with Crippen LogP contribution in [0.2, 0.25) is 0 Å². The van der Waals surface area contributed by atoms with Gasteiger partial charge >= 0.3 is 5.97 Å². The van der Waals surface area contributed by atoms with Gasteiger partial charge in [-0.25, -0.2) is 4.79 Å². The smallest absolute Gasteiger partial charge is 0.337 e. The standard InChI is InChI=1S/C21H19BrN4O3S/c1-3-10-30-21-24-19-17(25-26-21)15-11-14(22)8-9-16(15)23-18(29-19)12-4-6-13(7-5-12)20(27)28-2/h4-9,11,18,23H,3,10H2,1-2H3/t18-/m1/s1. The minimum atomic E-state index is -0.515. The third kappa shape index (κ3) is 4.27. The number of thioether (sulfide) groups is 1. The normalized spacial score (nSPS) is 14.6. The number of rotatable bonds is 5. The summed E-state index contributed by atoms with van der Waals surface area (Å²) >= 11 is 5.06. The average molecular weight is 487 g/mol. The number of nitrogens with zero attached hydrogens (tertiary/aromatic N) is 3. The van der Waals surface area contributed by atoms with Crippen molar-refractivity contribution in [2.45, 2.75) is 24.7 Å². The van der Waals surface area contributed by atoms with Crippen LogP contribution in [0.1, 0.15) is 35.5 Å². The zero-order chi connectivity index (χ0) is 21.1. The number of carbonyl (C=O) groups excluding carboxylic acids is 1. The number of methoxy groups -OCH3 is 1. The molecule has 7 nitrogen and oxygen atoms in total. The number of nitrogens with one attached hydrogen (secondary N) is 1. The van der Waals surface area contributed by atoms with Crippen molar-refractivity contribution in [3.63, 3.8) is 0 Å². The number of hydrogen-bond acceptors (Lipinski definition) is 8. The van der Waals surface area contributed by atoms with Gasteiger partial charge < -0.3 is 14.8 Å². The van der Waals surface area contributed by atoms with Crippen LogP contribution in [0.15, 0.2) is 52.1 Å². The number of carbonyl (C=O) groups is 1. The zero-order valence-electron chi connectivity index (χ0n) is 16.4. The van der Waals surface area contributed by atoms with Crippen LogP contribution in [0.5, 0.6) is 5.88 Å². The highest BCUT2D eigenvalue weighted by Gasteiger charge is 2.26. The van der Waals surface area contributed by atoms with Gasteiger partial charge in [-0.2, -0.15) is 4.98 Å². The lowest BCUT2D eigenvalue weighted by Gasteiger charge is -2.19. The summed E-state index contributed by atoms with van der Waals surface area (Å²) in [7, 11) is 1.36. The molecule has 30 heavy (non-hydrogen) atoms. The highest BCUT2D eigenvalue weighted by Crippen LogP contribution is 2.40. The quantitative estimate of drug-likeness (QED) is 0.393. The molecule has 0 fully saturated rings. The van der Waals surface area contributed by atoms with Crippen LogP contribution < -0.4 is 10.1 Å². The molecule has 1 aliphatic rings. The maximum Gasteiger partial charge on any atom is 0.337 e. The molecule has 0 aliphatic carbocycles. The molecule has 2 aromatic carbocycles. The molecule has 1 N–H and O–H groups in total. The van der Waals surface area contributed by atoms with Gasteiger partial charge in [0.1, 0.15) is 0 Å². The van der Waals surface area contributed by atoms with Crippen molar-refractivity contribution in [3.8, 4) is 17.1 Å². The number of esters is 1. The Hall–Kier alpha value is -2.65. The Kier molecular flexibility index (Phi) is 6.19. The highest BCUT2D eigenvalue weighted by molar-refractivity contribution is 9.10. The van der Waals surface area contributed by atoms with Crippen LogP contribution in [-0.2, 0) is 4.74 Å². The summed E-state index contributed by atoms with van der Waals surface area (Å²) in [5, 5.41) is 12.7. The molecule has 3 aromatic rings. The zero-order valence-corrected chi connectivity index (χ0v) is 18.8. The Bertz CT molecular complexity index is 1080. The molecular weight excluding hydrogens is 468 g/mol. The lowest BCUT2D eigenvalue weighted by molar-refractivity contribution is 0.0600. The van der Waals surface area contributed by atoms with E-state index >= 15 is 0 Å². The molecule has 4 rings (SSSR count). The van der Waals surface area contributed by atoms with Crippen molar-refractivity contribution < 1.29 is 14.3 Å². The molecule has 9 heteroatoms. The van der Waals surface area contributed by atoms with Gasteiger partial charge in [-0.05, 0) is 36.8 Å². The molecule has 1 aliphatic heterocycles. The third-order valence-corrected chi connectivity index (χ3v) is 5.99. The number of anilines is 1. The summed E-state index contributed by atoms with van der Waals surface area (Å²) in [6, 6.07) is 12.9. The Balaban J connectivity index is 1.75. The number of ether oxygens (including phenoxy) is 2. The number of hydrogen-bond donors (Lipinski definition) is 1. The SMILES string of the molecule is CCCSc1nnc2c(n1)O[C@H](c1ccc(C(=O)OC)cc1)Nc1ccc(Br)cc1-2. The number of fused-ring (bicyclic) bond motifs is 3. The van der Waals surface area contributed by atoms with E-state index in [1.807, 2.05) is 30.3 Å². The molecule has 1 aromatic heterocycles. The maximum atomic E-state index is 11.7. The van der Waals surface area contributed by atoms with Crippen molar-refractivity contribution in [3.05, 3.63) is 58.1 Å². The molecule has 0 amide bonds. The van der Waals surface area contributed by atoms with Gasteiger partial charge in [0.25, 0.3) is 0 Å². The first kappa shape index (κ1) is 20.6. The monoisotopic (exact) mass is 486 g/mol. The van der Waals surface area contributed by atoms with Gasteiger partial charge in [0, 0.05) is 27.0 Å². The van der Waals surface area contributed by atoms with E-state index in [0.29, 0.717) is 22.3 Å². The Morgan fingerprint density at radius 1 is 1.23 bits per heavy atom. The van der Waals surface area contributed by atoms with Crippen LogP contribution in [0.3, 0.4) is 0 Å². The van der Waals surface area contributed by atoms with Crippen molar-refractivity contribution in [2.75, 3.05) is 18.2 Å². The van der Waals surface area contributed by atoms with E-state index in [-0.39, 0.29) is 5.97 Å². The minimum absolute atomic E-state index is 0.383. The maximum absolute atomic E-state index is 11.7. The summed E-state index contributed by atoms with van der Waals surface area (Å²) in [6.45, 7) is 2.10. The second kappa shape index (κ2) is 9.01.